The molecule has 124 valence electrons. The van der Waals surface area contributed by atoms with Crippen LogP contribution in [-0.2, 0) is 0 Å². The summed E-state index contributed by atoms with van der Waals surface area (Å²) in [5.41, 5.74) is 3.07. The third kappa shape index (κ3) is 4.11. The van der Waals surface area contributed by atoms with Crippen LogP contribution in [0.15, 0.2) is 91.0 Å². The number of hydrogen-bond acceptors (Lipinski definition) is 1. The van der Waals surface area contributed by atoms with Crippen molar-refractivity contribution in [2.75, 3.05) is 11.9 Å². The third-order valence-electron chi connectivity index (χ3n) is 3.78. The van der Waals surface area contributed by atoms with Crippen LogP contribution in [0.4, 0.5) is 11.4 Å². The van der Waals surface area contributed by atoms with Gasteiger partial charge in [0, 0.05) is 0 Å². The van der Waals surface area contributed by atoms with E-state index in [1.807, 2.05) is 103 Å². The van der Waals surface area contributed by atoms with Gasteiger partial charge in [-0.2, -0.15) is 0 Å². The first-order chi connectivity index (χ1) is 12.3. The molecule has 0 aliphatic rings. The molecule has 0 aliphatic carbocycles. The lowest BCUT2D eigenvalue weighted by Gasteiger charge is -2.23. The van der Waals surface area contributed by atoms with Gasteiger partial charge in [0.25, 0.3) is 10.9 Å². The molecule has 3 aromatic rings. The number of para-hydroxylation sites is 2. The molecule has 0 aliphatic heterocycles. The number of anilines is 2. The highest BCUT2D eigenvalue weighted by Crippen LogP contribution is 2.25. The van der Waals surface area contributed by atoms with Gasteiger partial charge < -0.3 is 0 Å². The average molecular weight is 346 g/mol. The summed E-state index contributed by atoms with van der Waals surface area (Å²) < 4.78 is 0. The standard InChI is InChI=1S/C21H19N3S/c1-22-20(17-11-5-2-6-12-17)23-21(25)24(18-13-7-3-8-14-18)19-15-9-4-10-16-19/h2-16H,1H3,(H,22,23,25)/p+1. The SMILES string of the molecule is C[NH+]=C(NC(=S)N(c1ccccc1)c1ccccc1)c1ccccc1. The summed E-state index contributed by atoms with van der Waals surface area (Å²) >= 11 is 5.74. The van der Waals surface area contributed by atoms with Crippen LogP contribution >= 0.6 is 12.2 Å². The molecular weight excluding hydrogens is 326 g/mol. The lowest BCUT2D eigenvalue weighted by Crippen LogP contribution is -2.73. The third-order valence-corrected chi connectivity index (χ3v) is 4.06. The fraction of sp³-hybridized carbons (Fsp3) is 0.0476. The second kappa shape index (κ2) is 8.22. The van der Waals surface area contributed by atoms with Crippen molar-refractivity contribution in [2.24, 2.45) is 0 Å². The Hall–Kier alpha value is -2.98. The largest absolute Gasteiger partial charge is 0.281 e. The van der Waals surface area contributed by atoms with E-state index in [0.29, 0.717) is 5.11 Å². The van der Waals surface area contributed by atoms with Gasteiger partial charge >= 0.3 is 0 Å². The average Bonchev–Trinajstić information content (AvgIpc) is 2.69. The number of amidine groups is 1. The van der Waals surface area contributed by atoms with Crippen molar-refractivity contribution in [3.63, 3.8) is 0 Å². The monoisotopic (exact) mass is 346 g/mol. The second-order valence-electron chi connectivity index (χ2n) is 5.43. The number of benzene rings is 3. The molecule has 0 radical (unpaired) electrons. The van der Waals surface area contributed by atoms with E-state index in [-0.39, 0.29) is 0 Å². The van der Waals surface area contributed by atoms with Crippen LogP contribution in [0, 0.1) is 0 Å². The Labute approximate surface area is 153 Å². The molecule has 0 aromatic heterocycles. The number of nitrogens with one attached hydrogen (secondary N) is 2. The van der Waals surface area contributed by atoms with Crippen LogP contribution in [0.3, 0.4) is 0 Å². The lowest BCUT2D eigenvalue weighted by molar-refractivity contribution is -0.421. The summed E-state index contributed by atoms with van der Waals surface area (Å²) in [7, 11) is 1.88. The van der Waals surface area contributed by atoms with Crippen molar-refractivity contribution in [3.05, 3.63) is 96.6 Å². The van der Waals surface area contributed by atoms with Gasteiger partial charge in [0.05, 0.1) is 24.0 Å². The Morgan fingerprint density at radius 3 is 1.64 bits per heavy atom. The Morgan fingerprint density at radius 1 is 0.760 bits per heavy atom. The minimum atomic E-state index is 0.602. The van der Waals surface area contributed by atoms with Crippen molar-refractivity contribution < 1.29 is 4.99 Å². The highest BCUT2D eigenvalue weighted by atomic mass is 32.1. The molecule has 0 spiro atoms. The Bertz CT molecular complexity index is 807. The van der Waals surface area contributed by atoms with E-state index < -0.39 is 0 Å². The summed E-state index contributed by atoms with van der Waals surface area (Å²) in [6.45, 7) is 0. The topological polar surface area (TPSA) is 29.2 Å². The molecule has 2 N–H and O–H groups in total. The van der Waals surface area contributed by atoms with E-state index >= 15 is 0 Å². The zero-order chi connectivity index (χ0) is 17.5. The van der Waals surface area contributed by atoms with Crippen molar-refractivity contribution in [3.8, 4) is 0 Å². The van der Waals surface area contributed by atoms with Crippen LogP contribution in [-0.4, -0.2) is 18.0 Å². The smallest absolute Gasteiger partial charge is 0.277 e. The summed E-state index contributed by atoms with van der Waals surface area (Å²) in [4.78, 5) is 5.22. The van der Waals surface area contributed by atoms with Gasteiger partial charge in [-0.05, 0) is 48.6 Å². The maximum atomic E-state index is 5.74. The zero-order valence-electron chi connectivity index (χ0n) is 14.0. The van der Waals surface area contributed by atoms with Gasteiger partial charge in [-0.15, -0.1) is 0 Å². The molecule has 0 atom stereocenters. The van der Waals surface area contributed by atoms with Crippen LogP contribution in [0.1, 0.15) is 5.56 Å². The van der Waals surface area contributed by atoms with Gasteiger partial charge in [-0.1, -0.05) is 54.6 Å². The Balaban J connectivity index is 1.92. The van der Waals surface area contributed by atoms with Gasteiger partial charge in [0.2, 0.25) is 0 Å². The number of thiocarbonyl (C=S) groups is 1. The first-order valence-electron chi connectivity index (χ1n) is 8.11. The molecule has 0 saturated carbocycles. The molecule has 4 heteroatoms. The van der Waals surface area contributed by atoms with Gasteiger partial charge in [-0.3, -0.25) is 9.89 Å². The fourth-order valence-corrected chi connectivity index (χ4v) is 2.90. The van der Waals surface area contributed by atoms with E-state index in [1.54, 1.807) is 0 Å². The Kier molecular flexibility index (Phi) is 5.54. The molecule has 3 rings (SSSR count). The molecule has 0 unspecified atom stereocenters. The van der Waals surface area contributed by atoms with E-state index in [9.17, 15) is 0 Å². The first-order valence-corrected chi connectivity index (χ1v) is 8.52. The molecule has 25 heavy (non-hydrogen) atoms. The van der Waals surface area contributed by atoms with Gasteiger partial charge in [0.15, 0.2) is 0 Å². The number of hydrogen-bond donors (Lipinski definition) is 2. The van der Waals surface area contributed by atoms with Crippen molar-refractivity contribution in [2.45, 2.75) is 0 Å². The normalized spacial score (nSPS) is 11.0. The first kappa shape index (κ1) is 16.9. The number of rotatable bonds is 3. The minimum Gasteiger partial charge on any atom is -0.277 e. The Morgan fingerprint density at radius 2 is 1.20 bits per heavy atom. The highest BCUT2D eigenvalue weighted by Gasteiger charge is 2.21. The predicted molar refractivity (Wildman–Crippen MR) is 108 cm³/mol. The second-order valence-corrected chi connectivity index (χ2v) is 5.81. The van der Waals surface area contributed by atoms with Crippen molar-refractivity contribution in [1.29, 1.82) is 0 Å². The lowest BCUT2D eigenvalue weighted by atomic mass is 10.2. The summed E-state index contributed by atoms with van der Waals surface area (Å²) in [5, 5.41) is 3.95. The van der Waals surface area contributed by atoms with E-state index in [2.05, 4.69) is 10.3 Å². The summed E-state index contributed by atoms with van der Waals surface area (Å²) in [6, 6.07) is 30.3. The van der Waals surface area contributed by atoms with Crippen molar-refractivity contribution >= 4 is 34.5 Å². The molecule has 0 bridgehead atoms. The van der Waals surface area contributed by atoms with Gasteiger partial charge in [-0.25, -0.2) is 5.32 Å². The van der Waals surface area contributed by atoms with Gasteiger partial charge in [0.1, 0.15) is 0 Å². The van der Waals surface area contributed by atoms with E-state index in [4.69, 9.17) is 12.2 Å². The molecule has 0 fully saturated rings. The summed E-state index contributed by atoms with van der Waals surface area (Å²) in [6.07, 6.45) is 0. The van der Waals surface area contributed by atoms with Crippen LogP contribution < -0.4 is 15.2 Å². The van der Waals surface area contributed by atoms with Crippen LogP contribution in [0.25, 0.3) is 0 Å². The van der Waals surface area contributed by atoms with Crippen LogP contribution in [0.2, 0.25) is 0 Å². The molecule has 0 amide bonds. The zero-order valence-corrected chi connectivity index (χ0v) is 14.8. The minimum absolute atomic E-state index is 0.602. The maximum absolute atomic E-state index is 5.74. The molecule has 3 aromatic carbocycles. The molecule has 3 nitrogen and oxygen atoms in total. The molecule has 0 heterocycles. The molecular formula is C21H20N3S+. The fourth-order valence-electron chi connectivity index (χ4n) is 2.58. The highest BCUT2D eigenvalue weighted by molar-refractivity contribution is 7.80. The predicted octanol–water partition coefficient (Wildman–Crippen LogP) is 2.86. The van der Waals surface area contributed by atoms with Crippen LogP contribution in [0.5, 0.6) is 0 Å². The quantitative estimate of drug-likeness (QED) is 0.434. The van der Waals surface area contributed by atoms with E-state index in [0.717, 1.165) is 22.8 Å². The number of nitrogens with zero attached hydrogens (tertiary/aromatic N) is 1. The molecule has 0 saturated heterocycles. The van der Waals surface area contributed by atoms with E-state index in [1.165, 1.54) is 0 Å². The maximum Gasteiger partial charge on any atom is 0.281 e. The summed E-state index contributed by atoms with van der Waals surface area (Å²) in [5.74, 6) is 0.863. The van der Waals surface area contributed by atoms with Crippen molar-refractivity contribution in [1.82, 2.24) is 5.32 Å².